The number of nitrogen functional groups attached to an aromatic ring is 1. The minimum Gasteiger partial charge on any atom is -0.445 e. The van der Waals surface area contributed by atoms with E-state index in [1.807, 2.05) is 0 Å². The zero-order valence-electron chi connectivity index (χ0n) is 5.90. The smallest absolute Gasteiger partial charge is 0.445 e. The standard InChI is InChI=1S/C6H5BF4N/c8-4-1-2-6(12)5(3-4)7(9,10)11/h1-3H,12H2/q-1. The molecule has 0 heterocycles. The van der Waals surface area contributed by atoms with E-state index in [0.29, 0.717) is 6.07 Å². The summed E-state index contributed by atoms with van der Waals surface area (Å²) in [6, 6.07) is 2.19. The minimum absolute atomic E-state index is 0.398. The first-order chi connectivity index (χ1) is 5.41. The summed E-state index contributed by atoms with van der Waals surface area (Å²) in [7, 11) is 0. The van der Waals surface area contributed by atoms with E-state index in [1.165, 1.54) is 0 Å². The molecule has 0 amide bonds. The molecule has 1 rings (SSSR count). The molecule has 0 aliphatic carbocycles. The maximum atomic E-state index is 12.3. The Kier molecular flexibility index (Phi) is 2.00. The van der Waals surface area contributed by atoms with Crippen molar-refractivity contribution in [3.8, 4) is 0 Å². The van der Waals surface area contributed by atoms with Gasteiger partial charge in [-0.05, 0) is 12.1 Å². The van der Waals surface area contributed by atoms with Crippen LogP contribution in [0.2, 0.25) is 0 Å². The third kappa shape index (κ3) is 1.69. The van der Waals surface area contributed by atoms with E-state index in [0.717, 1.165) is 12.1 Å². The summed E-state index contributed by atoms with van der Waals surface area (Å²) in [6.45, 7) is -5.21. The first-order valence-corrected chi connectivity index (χ1v) is 3.16. The van der Waals surface area contributed by atoms with Crippen LogP contribution in [0.15, 0.2) is 18.2 Å². The molecule has 12 heavy (non-hydrogen) atoms. The summed E-state index contributed by atoms with van der Waals surface area (Å²) in [5.74, 6) is -0.932. The Morgan fingerprint density at radius 2 is 1.75 bits per heavy atom. The molecule has 0 fully saturated rings. The number of anilines is 1. The van der Waals surface area contributed by atoms with Crippen molar-refractivity contribution in [2.45, 2.75) is 0 Å². The fraction of sp³-hybridized carbons (Fsp3) is 0. The fourth-order valence-corrected chi connectivity index (χ4v) is 0.829. The second kappa shape index (κ2) is 2.69. The molecule has 0 radical (unpaired) electrons. The first-order valence-electron chi connectivity index (χ1n) is 3.16. The van der Waals surface area contributed by atoms with Crippen molar-refractivity contribution in [2.75, 3.05) is 5.73 Å². The summed E-state index contributed by atoms with van der Waals surface area (Å²) >= 11 is 0. The van der Waals surface area contributed by atoms with Gasteiger partial charge in [-0.15, -0.1) is 0 Å². The topological polar surface area (TPSA) is 26.0 Å². The Labute approximate surface area is 66.2 Å². The Morgan fingerprint density at radius 1 is 1.17 bits per heavy atom. The largest absolute Gasteiger partial charge is 0.511 e. The van der Waals surface area contributed by atoms with Crippen LogP contribution < -0.4 is 11.2 Å². The molecule has 0 bridgehead atoms. The lowest BCUT2D eigenvalue weighted by Gasteiger charge is -2.16. The van der Waals surface area contributed by atoms with Gasteiger partial charge in [0, 0.05) is 5.69 Å². The van der Waals surface area contributed by atoms with Gasteiger partial charge in [-0.1, -0.05) is 11.5 Å². The summed E-state index contributed by atoms with van der Waals surface area (Å²) in [4.78, 5) is 0. The van der Waals surface area contributed by atoms with Gasteiger partial charge in [-0.25, -0.2) is 4.39 Å². The fourth-order valence-electron chi connectivity index (χ4n) is 0.829. The van der Waals surface area contributed by atoms with E-state index < -0.39 is 23.9 Å². The van der Waals surface area contributed by atoms with Crippen LogP contribution in [0.4, 0.5) is 23.0 Å². The van der Waals surface area contributed by atoms with Gasteiger partial charge in [-0.2, -0.15) is 0 Å². The lowest BCUT2D eigenvalue weighted by molar-refractivity contribution is 0.500. The molecule has 0 saturated carbocycles. The maximum Gasteiger partial charge on any atom is 0.511 e. The number of halogens is 4. The molecule has 6 heteroatoms. The minimum atomic E-state index is -5.21. The lowest BCUT2D eigenvalue weighted by Crippen LogP contribution is -2.36. The highest BCUT2D eigenvalue weighted by molar-refractivity contribution is 6.74. The molecule has 0 unspecified atom stereocenters. The Hall–Kier alpha value is -1.20. The van der Waals surface area contributed by atoms with E-state index in [9.17, 15) is 17.3 Å². The van der Waals surface area contributed by atoms with Crippen molar-refractivity contribution >= 4 is 18.1 Å². The van der Waals surface area contributed by atoms with Crippen LogP contribution in [0.3, 0.4) is 0 Å². The predicted octanol–water partition coefficient (Wildman–Crippen LogP) is 1.46. The van der Waals surface area contributed by atoms with Crippen molar-refractivity contribution in [3.05, 3.63) is 24.0 Å². The van der Waals surface area contributed by atoms with Gasteiger partial charge >= 0.3 is 6.98 Å². The van der Waals surface area contributed by atoms with Gasteiger partial charge in [0.1, 0.15) is 5.82 Å². The zero-order valence-corrected chi connectivity index (χ0v) is 5.90. The third-order valence-corrected chi connectivity index (χ3v) is 1.40. The van der Waals surface area contributed by atoms with Gasteiger partial charge in [0.05, 0.1) is 0 Å². The summed E-state index contributed by atoms with van der Waals surface area (Å²) in [5.41, 5.74) is 3.49. The number of hydrogen-bond donors (Lipinski definition) is 1. The summed E-state index contributed by atoms with van der Waals surface area (Å²) < 4.78 is 48.5. The number of rotatable bonds is 1. The summed E-state index contributed by atoms with van der Waals surface area (Å²) in [5, 5.41) is 0. The van der Waals surface area contributed by atoms with E-state index >= 15 is 0 Å². The number of hydrogen-bond acceptors (Lipinski definition) is 1. The van der Waals surface area contributed by atoms with Crippen molar-refractivity contribution in [3.63, 3.8) is 0 Å². The molecular weight excluding hydrogens is 173 g/mol. The predicted molar refractivity (Wildman–Crippen MR) is 39.5 cm³/mol. The molecule has 0 saturated heterocycles. The molecule has 2 N–H and O–H groups in total. The second-order valence-corrected chi connectivity index (χ2v) is 2.35. The average Bonchev–Trinajstić information content (AvgIpc) is 1.92. The molecule has 0 aromatic heterocycles. The maximum absolute atomic E-state index is 12.3. The highest BCUT2D eigenvalue weighted by Gasteiger charge is 2.27. The SMILES string of the molecule is Nc1ccc(F)cc1[B-](F)(F)F. The van der Waals surface area contributed by atoms with Gasteiger partial charge in [0.15, 0.2) is 0 Å². The van der Waals surface area contributed by atoms with Gasteiger partial charge in [0.2, 0.25) is 0 Å². The zero-order chi connectivity index (χ0) is 9.35. The van der Waals surface area contributed by atoms with Gasteiger partial charge in [-0.3, -0.25) is 0 Å². The van der Waals surface area contributed by atoms with Crippen molar-refractivity contribution in [2.24, 2.45) is 0 Å². The first kappa shape index (κ1) is 8.90. The van der Waals surface area contributed by atoms with E-state index in [2.05, 4.69) is 0 Å². The highest BCUT2D eigenvalue weighted by Crippen LogP contribution is 2.14. The number of benzene rings is 1. The van der Waals surface area contributed by atoms with Crippen molar-refractivity contribution in [1.29, 1.82) is 0 Å². The van der Waals surface area contributed by atoms with E-state index in [4.69, 9.17) is 5.73 Å². The molecule has 0 atom stereocenters. The van der Waals surface area contributed by atoms with Crippen LogP contribution >= 0.6 is 0 Å². The van der Waals surface area contributed by atoms with E-state index in [-0.39, 0.29) is 0 Å². The monoisotopic (exact) mass is 178 g/mol. The molecule has 1 nitrogen and oxygen atoms in total. The van der Waals surface area contributed by atoms with E-state index in [1.54, 1.807) is 0 Å². The van der Waals surface area contributed by atoms with Crippen LogP contribution in [0.1, 0.15) is 0 Å². The average molecular weight is 178 g/mol. The van der Waals surface area contributed by atoms with Crippen LogP contribution in [-0.2, 0) is 0 Å². The molecule has 0 aliphatic heterocycles. The van der Waals surface area contributed by atoms with Crippen LogP contribution in [0.5, 0.6) is 0 Å². The van der Waals surface area contributed by atoms with Gasteiger partial charge in [0.25, 0.3) is 0 Å². The molecular formula is C6H5BF4N-. The lowest BCUT2D eigenvalue weighted by atomic mass is 9.79. The Balaban J connectivity index is 3.23. The van der Waals surface area contributed by atoms with Crippen LogP contribution in [0, 0.1) is 5.82 Å². The molecule has 1 aromatic rings. The normalized spacial score (nSPS) is 11.7. The highest BCUT2D eigenvalue weighted by atomic mass is 19.4. The van der Waals surface area contributed by atoms with Crippen molar-refractivity contribution in [1.82, 2.24) is 0 Å². The quantitative estimate of drug-likeness (QED) is 0.393. The van der Waals surface area contributed by atoms with Crippen LogP contribution in [0.25, 0.3) is 0 Å². The summed E-state index contributed by atoms with van der Waals surface area (Å²) in [6.07, 6.45) is 0. The Morgan fingerprint density at radius 3 is 2.17 bits per heavy atom. The molecule has 0 spiro atoms. The second-order valence-electron chi connectivity index (χ2n) is 2.35. The van der Waals surface area contributed by atoms with Crippen LogP contribution in [-0.4, -0.2) is 6.98 Å². The third-order valence-electron chi connectivity index (χ3n) is 1.40. The Bertz CT molecular complexity index is 296. The number of nitrogens with two attached hydrogens (primary N) is 1. The van der Waals surface area contributed by atoms with Crippen molar-refractivity contribution < 1.29 is 17.3 Å². The molecule has 66 valence electrons. The van der Waals surface area contributed by atoms with Gasteiger partial charge < -0.3 is 18.7 Å². The molecule has 0 aliphatic rings. The molecule has 1 aromatic carbocycles.